The summed E-state index contributed by atoms with van der Waals surface area (Å²) < 4.78 is 10.7. The highest BCUT2D eigenvalue weighted by molar-refractivity contribution is 5.95. The molecule has 9 nitrogen and oxygen atoms in total. The number of ether oxygens (including phenoxy) is 2. The number of carbonyl (C=O) groups is 3. The minimum atomic E-state index is -0.601. The molecule has 2 aromatic rings. The molecule has 0 aromatic heterocycles. The molecule has 1 saturated heterocycles. The standard InChI is InChI=1S/C30H38N4O5/c1-5-34-25(26(29(36)39-6-2)27(31-30(34)37)24-11-8-7-10-21(24)3)20-32-16-9-17-33(19-18-32)28(35)22-12-14-23(38-4)15-13-22/h7-8,10-15,27H,5-6,9,16-20H2,1-4H3,(H,31,37). The monoisotopic (exact) mass is 534 g/mol. The zero-order valence-corrected chi connectivity index (χ0v) is 23.2. The minimum Gasteiger partial charge on any atom is -0.497 e. The van der Waals surface area contributed by atoms with E-state index >= 15 is 0 Å². The first-order valence-corrected chi connectivity index (χ1v) is 13.6. The van der Waals surface area contributed by atoms with Gasteiger partial charge in [0.05, 0.1) is 25.3 Å². The van der Waals surface area contributed by atoms with Gasteiger partial charge in [0.25, 0.3) is 5.91 Å². The van der Waals surface area contributed by atoms with Gasteiger partial charge in [-0.15, -0.1) is 0 Å². The molecule has 3 amide bonds. The summed E-state index contributed by atoms with van der Waals surface area (Å²) in [4.78, 5) is 45.5. The first-order chi connectivity index (χ1) is 18.9. The fraction of sp³-hybridized carbons (Fsp3) is 0.433. The molecular weight excluding hydrogens is 496 g/mol. The number of amides is 3. The molecule has 2 aliphatic rings. The van der Waals surface area contributed by atoms with E-state index in [0.717, 1.165) is 24.1 Å². The van der Waals surface area contributed by atoms with Crippen LogP contribution in [0, 0.1) is 6.92 Å². The van der Waals surface area contributed by atoms with Crippen molar-refractivity contribution in [1.82, 2.24) is 20.0 Å². The Labute approximate surface area is 230 Å². The quantitative estimate of drug-likeness (QED) is 0.519. The van der Waals surface area contributed by atoms with Crippen LogP contribution >= 0.6 is 0 Å². The largest absolute Gasteiger partial charge is 0.497 e. The number of benzene rings is 2. The van der Waals surface area contributed by atoms with Crippen molar-refractivity contribution in [3.63, 3.8) is 0 Å². The normalized spacial score (nSPS) is 18.5. The summed E-state index contributed by atoms with van der Waals surface area (Å²) in [7, 11) is 1.60. The van der Waals surface area contributed by atoms with Crippen molar-refractivity contribution in [2.45, 2.75) is 33.2 Å². The van der Waals surface area contributed by atoms with Gasteiger partial charge in [0, 0.05) is 50.5 Å². The van der Waals surface area contributed by atoms with E-state index in [2.05, 4.69) is 10.2 Å². The average molecular weight is 535 g/mol. The van der Waals surface area contributed by atoms with Crippen LogP contribution < -0.4 is 10.1 Å². The predicted molar refractivity (Wildman–Crippen MR) is 148 cm³/mol. The first-order valence-electron chi connectivity index (χ1n) is 13.6. The predicted octanol–water partition coefficient (Wildman–Crippen LogP) is 3.76. The SMILES string of the molecule is CCOC(=O)C1=C(CN2CCCN(C(=O)c3ccc(OC)cc3)CC2)N(CC)C(=O)NC1c1ccccc1C. The van der Waals surface area contributed by atoms with Crippen LogP contribution in [0.15, 0.2) is 59.8 Å². The molecule has 0 spiro atoms. The summed E-state index contributed by atoms with van der Waals surface area (Å²) in [5.41, 5.74) is 3.59. The van der Waals surface area contributed by atoms with Gasteiger partial charge < -0.3 is 19.7 Å². The van der Waals surface area contributed by atoms with Gasteiger partial charge >= 0.3 is 12.0 Å². The van der Waals surface area contributed by atoms with Gasteiger partial charge in [-0.05, 0) is 62.6 Å². The van der Waals surface area contributed by atoms with E-state index in [0.29, 0.717) is 55.3 Å². The molecule has 4 rings (SSSR count). The molecule has 1 atom stereocenters. The minimum absolute atomic E-state index is 0.0159. The Morgan fingerprint density at radius 2 is 1.74 bits per heavy atom. The number of methoxy groups -OCH3 is 1. The van der Waals surface area contributed by atoms with Crippen LogP contribution in [-0.4, -0.2) is 85.6 Å². The van der Waals surface area contributed by atoms with Gasteiger partial charge in [0.15, 0.2) is 0 Å². The lowest BCUT2D eigenvalue weighted by molar-refractivity contribution is -0.139. The van der Waals surface area contributed by atoms with Crippen molar-refractivity contribution in [3.8, 4) is 5.75 Å². The van der Waals surface area contributed by atoms with Crippen molar-refractivity contribution >= 4 is 17.9 Å². The Morgan fingerprint density at radius 1 is 1.00 bits per heavy atom. The number of likely N-dealkylation sites (N-methyl/N-ethyl adjacent to an activating group) is 1. The summed E-state index contributed by atoms with van der Waals surface area (Å²) >= 11 is 0. The van der Waals surface area contributed by atoms with Gasteiger partial charge in [-0.25, -0.2) is 9.59 Å². The summed E-state index contributed by atoms with van der Waals surface area (Å²) in [5, 5.41) is 3.04. The summed E-state index contributed by atoms with van der Waals surface area (Å²) in [6.07, 6.45) is 0.781. The van der Waals surface area contributed by atoms with E-state index in [-0.39, 0.29) is 18.5 Å². The molecule has 2 aliphatic heterocycles. The fourth-order valence-electron chi connectivity index (χ4n) is 5.26. The Hall–Kier alpha value is -3.85. The lowest BCUT2D eigenvalue weighted by Crippen LogP contribution is -2.51. The van der Waals surface area contributed by atoms with Crippen molar-refractivity contribution in [3.05, 3.63) is 76.5 Å². The maximum Gasteiger partial charge on any atom is 0.338 e. The maximum absolute atomic E-state index is 13.4. The summed E-state index contributed by atoms with van der Waals surface area (Å²) in [6, 6.07) is 14.1. The molecule has 2 heterocycles. The number of hydrogen-bond donors (Lipinski definition) is 1. The zero-order chi connectivity index (χ0) is 27.9. The Bertz CT molecular complexity index is 1230. The third-order valence-electron chi connectivity index (χ3n) is 7.34. The van der Waals surface area contributed by atoms with Crippen LogP contribution in [0.25, 0.3) is 0 Å². The second-order valence-corrected chi connectivity index (χ2v) is 9.71. The van der Waals surface area contributed by atoms with E-state index in [1.807, 2.05) is 43.0 Å². The molecule has 1 fully saturated rings. The third kappa shape index (κ3) is 6.25. The molecule has 2 aromatic carbocycles. The molecular formula is C30H38N4O5. The van der Waals surface area contributed by atoms with Gasteiger partial charge in [-0.3, -0.25) is 14.6 Å². The number of urea groups is 1. The molecule has 1 N–H and O–H groups in total. The summed E-state index contributed by atoms with van der Waals surface area (Å²) in [6.45, 7) is 9.25. The molecule has 0 aliphatic carbocycles. The van der Waals surface area contributed by atoms with Crippen molar-refractivity contribution in [1.29, 1.82) is 0 Å². The van der Waals surface area contributed by atoms with Crippen LogP contribution in [0.4, 0.5) is 4.79 Å². The van der Waals surface area contributed by atoms with Crippen LogP contribution in [0.3, 0.4) is 0 Å². The van der Waals surface area contributed by atoms with Crippen LogP contribution in [0.1, 0.15) is 47.8 Å². The lowest BCUT2D eigenvalue weighted by Gasteiger charge is -2.38. The number of esters is 1. The molecule has 9 heteroatoms. The number of hydrogen-bond acceptors (Lipinski definition) is 6. The van der Waals surface area contributed by atoms with Gasteiger partial charge in [0.2, 0.25) is 0 Å². The smallest absolute Gasteiger partial charge is 0.338 e. The molecule has 0 saturated carbocycles. The average Bonchev–Trinajstić information content (AvgIpc) is 3.18. The van der Waals surface area contributed by atoms with E-state index in [1.54, 1.807) is 43.2 Å². The number of carbonyl (C=O) groups excluding carboxylic acids is 3. The summed E-state index contributed by atoms with van der Waals surface area (Å²) in [5.74, 6) is 0.267. The van der Waals surface area contributed by atoms with Crippen LogP contribution in [0.2, 0.25) is 0 Å². The second-order valence-electron chi connectivity index (χ2n) is 9.71. The highest BCUT2D eigenvalue weighted by atomic mass is 16.5. The number of rotatable bonds is 8. The van der Waals surface area contributed by atoms with E-state index in [9.17, 15) is 14.4 Å². The Morgan fingerprint density at radius 3 is 2.41 bits per heavy atom. The molecule has 0 bridgehead atoms. The van der Waals surface area contributed by atoms with Crippen molar-refractivity contribution in [2.24, 2.45) is 0 Å². The van der Waals surface area contributed by atoms with E-state index in [1.165, 1.54) is 0 Å². The van der Waals surface area contributed by atoms with Gasteiger partial charge in [-0.2, -0.15) is 0 Å². The molecule has 208 valence electrons. The maximum atomic E-state index is 13.4. The number of aryl methyl sites for hydroxylation is 1. The highest BCUT2D eigenvalue weighted by Crippen LogP contribution is 2.33. The highest BCUT2D eigenvalue weighted by Gasteiger charge is 2.39. The van der Waals surface area contributed by atoms with E-state index < -0.39 is 12.0 Å². The molecule has 1 unspecified atom stereocenters. The van der Waals surface area contributed by atoms with Gasteiger partial charge in [0.1, 0.15) is 5.75 Å². The zero-order valence-electron chi connectivity index (χ0n) is 23.2. The van der Waals surface area contributed by atoms with Crippen molar-refractivity contribution < 1.29 is 23.9 Å². The topological polar surface area (TPSA) is 91.4 Å². The molecule has 0 radical (unpaired) electrons. The van der Waals surface area contributed by atoms with Gasteiger partial charge in [-0.1, -0.05) is 24.3 Å². The third-order valence-corrected chi connectivity index (χ3v) is 7.34. The van der Waals surface area contributed by atoms with Crippen LogP contribution in [-0.2, 0) is 9.53 Å². The second kappa shape index (κ2) is 12.8. The Kier molecular flexibility index (Phi) is 9.24. The Balaban J connectivity index is 1.60. The van der Waals surface area contributed by atoms with Crippen LogP contribution in [0.5, 0.6) is 5.75 Å². The number of nitrogens with zero attached hydrogens (tertiary/aromatic N) is 3. The first kappa shape index (κ1) is 28.2. The van der Waals surface area contributed by atoms with E-state index in [4.69, 9.17) is 9.47 Å². The van der Waals surface area contributed by atoms with Crippen molar-refractivity contribution in [2.75, 3.05) is 53.0 Å². The number of nitrogens with one attached hydrogen (secondary N) is 1. The molecule has 39 heavy (non-hydrogen) atoms. The fourth-order valence-corrected chi connectivity index (χ4v) is 5.26. The lowest BCUT2D eigenvalue weighted by atomic mass is 9.91.